The zero-order valence-electron chi connectivity index (χ0n) is 15.0. The molecule has 1 aromatic carbocycles. The predicted molar refractivity (Wildman–Crippen MR) is 96.5 cm³/mol. The lowest BCUT2D eigenvalue weighted by Gasteiger charge is -2.31. The molecule has 25 heavy (non-hydrogen) atoms. The van der Waals surface area contributed by atoms with E-state index in [1.54, 1.807) is 24.3 Å². The lowest BCUT2D eigenvalue weighted by atomic mass is 9.86. The van der Waals surface area contributed by atoms with Crippen molar-refractivity contribution in [1.29, 1.82) is 0 Å². The van der Waals surface area contributed by atoms with Gasteiger partial charge >= 0.3 is 0 Å². The molecule has 0 saturated heterocycles. The maximum Gasteiger partial charge on any atom is 0.261 e. The van der Waals surface area contributed by atoms with Crippen LogP contribution in [0.4, 0.5) is 0 Å². The second kappa shape index (κ2) is 8.11. The molecule has 2 aliphatic rings. The Morgan fingerprint density at radius 2 is 1.72 bits per heavy atom. The van der Waals surface area contributed by atoms with Crippen molar-refractivity contribution in [1.82, 2.24) is 9.80 Å². The van der Waals surface area contributed by atoms with E-state index in [2.05, 4.69) is 11.9 Å². The van der Waals surface area contributed by atoms with Crippen molar-refractivity contribution in [2.24, 2.45) is 5.92 Å². The van der Waals surface area contributed by atoms with Crippen LogP contribution >= 0.6 is 0 Å². The Bertz CT molecular complexity index is 596. The van der Waals surface area contributed by atoms with Crippen molar-refractivity contribution >= 4 is 11.8 Å². The summed E-state index contributed by atoms with van der Waals surface area (Å²) in [6.07, 6.45) is 5.99. The summed E-state index contributed by atoms with van der Waals surface area (Å²) in [6, 6.07) is 7.03. The second-order valence-electron chi connectivity index (χ2n) is 7.39. The van der Waals surface area contributed by atoms with Crippen LogP contribution in [0.15, 0.2) is 24.3 Å². The molecule has 1 N–H and O–H groups in total. The van der Waals surface area contributed by atoms with Gasteiger partial charge in [0, 0.05) is 13.1 Å². The quantitative estimate of drug-likeness (QED) is 0.610. The van der Waals surface area contributed by atoms with Crippen LogP contribution in [0.5, 0.6) is 0 Å². The first-order chi connectivity index (χ1) is 12.1. The Morgan fingerprint density at radius 1 is 1.08 bits per heavy atom. The summed E-state index contributed by atoms with van der Waals surface area (Å²) in [5.74, 6) is 0.0496. The highest BCUT2D eigenvalue weighted by atomic mass is 16.3. The number of carbonyl (C=O) groups is 2. The van der Waals surface area contributed by atoms with Gasteiger partial charge in [-0.3, -0.25) is 14.5 Å². The fraction of sp³-hybridized carbons (Fsp3) is 0.600. The molecule has 1 heterocycles. The first-order valence-corrected chi connectivity index (χ1v) is 9.39. The number of hydrogen-bond acceptors (Lipinski definition) is 4. The fourth-order valence-electron chi connectivity index (χ4n) is 3.99. The summed E-state index contributed by atoms with van der Waals surface area (Å²) < 4.78 is 0. The average Bonchev–Trinajstić information content (AvgIpc) is 2.86. The lowest BCUT2D eigenvalue weighted by Crippen LogP contribution is -2.36. The minimum absolute atomic E-state index is 0.158. The normalized spacial score (nSPS) is 23.4. The van der Waals surface area contributed by atoms with Crippen molar-refractivity contribution in [2.45, 2.75) is 44.6 Å². The van der Waals surface area contributed by atoms with Crippen molar-refractivity contribution < 1.29 is 14.7 Å². The molecule has 136 valence electrons. The van der Waals surface area contributed by atoms with Gasteiger partial charge in [-0.1, -0.05) is 25.0 Å². The summed E-state index contributed by atoms with van der Waals surface area (Å²) in [5, 5.41) is 10.1. The van der Waals surface area contributed by atoms with Crippen LogP contribution in [0.3, 0.4) is 0 Å². The topological polar surface area (TPSA) is 60.9 Å². The van der Waals surface area contributed by atoms with Crippen molar-refractivity contribution in [3.05, 3.63) is 35.4 Å². The van der Waals surface area contributed by atoms with Crippen LogP contribution < -0.4 is 0 Å². The third-order valence-electron chi connectivity index (χ3n) is 5.46. The van der Waals surface area contributed by atoms with Crippen LogP contribution in [0.25, 0.3) is 0 Å². The van der Waals surface area contributed by atoms with Gasteiger partial charge in [-0.2, -0.15) is 0 Å². The molecular formula is C20H28N2O3. The number of benzene rings is 1. The van der Waals surface area contributed by atoms with Gasteiger partial charge in [-0.25, -0.2) is 0 Å². The maximum absolute atomic E-state index is 12.3. The number of hydrogen-bond donors (Lipinski definition) is 1. The molecule has 1 aliphatic carbocycles. The van der Waals surface area contributed by atoms with Crippen LogP contribution in [-0.4, -0.2) is 59.5 Å². The number of aliphatic hydroxyl groups is 1. The predicted octanol–water partition coefficient (Wildman–Crippen LogP) is 2.55. The molecule has 0 radical (unpaired) electrons. The van der Waals surface area contributed by atoms with Gasteiger partial charge in [-0.15, -0.1) is 0 Å². The molecule has 0 spiro atoms. The van der Waals surface area contributed by atoms with Crippen LogP contribution in [0.1, 0.15) is 59.2 Å². The third kappa shape index (κ3) is 4.10. The molecule has 5 nitrogen and oxygen atoms in total. The molecule has 2 amide bonds. The van der Waals surface area contributed by atoms with Crippen molar-refractivity contribution in [2.75, 3.05) is 26.7 Å². The highest BCUT2D eigenvalue weighted by molar-refractivity contribution is 6.21. The summed E-state index contributed by atoms with van der Waals surface area (Å²) in [5.41, 5.74) is 1.05. The van der Waals surface area contributed by atoms with E-state index in [0.29, 0.717) is 23.6 Å². The Balaban J connectivity index is 1.40. The molecule has 1 saturated carbocycles. The van der Waals surface area contributed by atoms with E-state index in [-0.39, 0.29) is 17.9 Å². The molecule has 2 unspecified atom stereocenters. The number of rotatable bonds is 7. The lowest BCUT2D eigenvalue weighted by molar-refractivity contribution is 0.0507. The Hall–Kier alpha value is -1.72. The SMILES string of the molecule is CN(CCCCN1C(=O)c2ccccc2C1=O)CC1CCCCC1O. The standard InChI is InChI=1S/C20H28N2O3/c1-21(14-15-8-2-5-11-18(15)23)12-6-7-13-22-19(24)16-9-3-4-10-17(16)20(22)25/h3-4,9-10,15,18,23H,2,5-8,11-14H2,1H3. The zero-order chi connectivity index (χ0) is 17.8. The zero-order valence-corrected chi connectivity index (χ0v) is 15.0. The molecule has 1 aromatic rings. The molecule has 5 heteroatoms. The first kappa shape index (κ1) is 18.1. The van der Waals surface area contributed by atoms with E-state index in [4.69, 9.17) is 0 Å². The molecule has 3 rings (SSSR count). The average molecular weight is 344 g/mol. The van der Waals surface area contributed by atoms with E-state index in [1.807, 2.05) is 0 Å². The highest BCUT2D eigenvalue weighted by Gasteiger charge is 2.34. The van der Waals surface area contributed by atoms with Gasteiger partial charge in [0.1, 0.15) is 0 Å². The van der Waals surface area contributed by atoms with Gasteiger partial charge in [0.2, 0.25) is 0 Å². The number of nitrogens with zero attached hydrogens (tertiary/aromatic N) is 2. The van der Waals surface area contributed by atoms with Crippen molar-refractivity contribution in [3.63, 3.8) is 0 Å². The summed E-state index contributed by atoms with van der Waals surface area (Å²) >= 11 is 0. The van der Waals surface area contributed by atoms with E-state index in [0.717, 1.165) is 45.2 Å². The second-order valence-corrected chi connectivity index (χ2v) is 7.39. The number of aliphatic hydroxyl groups excluding tert-OH is 1. The van der Waals surface area contributed by atoms with E-state index >= 15 is 0 Å². The van der Waals surface area contributed by atoms with Gasteiger partial charge in [0.25, 0.3) is 11.8 Å². The maximum atomic E-state index is 12.3. The molecule has 2 atom stereocenters. The minimum Gasteiger partial charge on any atom is -0.393 e. The molecule has 0 aromatic heterocycles. The number of imide groups is 1. The molecule has 0 bridgehead atoms. The molecule has 1 aliphatic heterocycles. The Morgan fingerprint density at radius 3 is 2.36 bits per heavy atom. The van der Waals surface area contributed by atoms with Crippen LogP contribution in [0, 0.1) is 5.92 Å². The van der Waals surface area contributed by atoms with Crippen LogP contribution in [0.2, 0.25) is 0 Å². The Labute approximate surface area is 149 Å². The van der Waals surface area contributed by atoms with Gasteiger partial charge in [0.15, 0.2) is 0 Å². The van der Waals surface area contributed by atoms with E-state index < -0.39 is 0 Å². The number of fused-ring (bicyclic) bond motifs is 1. The smallest absolute Gasteiger partial charge is 0.261 e. The number of carbonyl (C=O) groups excluding carboxylic acids is 2. The van der Waals surface area contributed by atoms with E-state index in [9.17, 15) is 14.7 Å². The highest BCUT2D eigenvalue weighted by Crippen LogP contribution is 2.25. The monoisotopic (exact) mass is 344 g/mol. The molecule has 1 fully saturated rings. The van der Waals surface area contributed by atoms with Crippen molar-refractivity contribution in [3.8, 4) is 0 Å². The van der Waals surface area contributed by atoms with Crippen LogP contribution in [-0.2, 0) is 0 Å². The van der Waals surface area contributed by atoms with Gasteiger partial charge < -0.3 is 10.0 Å². The fourth-order valence-corrected chi connectivity index (χ4v) is 3.99. The molecular weight excluding hydrogens is 316 g/mol. The summed E-state index contributed by atoms with van der Waals surface area (Å²) in [7, 11) is 2.09. The Kier molecular flexibility index (Phi) is 5.86. The van der Waals surface area contributed by atoms with Gasteiger partial charge in [-0.05, 0) is 57.3 Å². The number of unbranched alkanes of at least 4 members (excludes halogenated alkanes) is 1. The van der Waals surface area contributed by atoms with E-state index in [1.165, 1.54) is 11.3 Å². The summed E-state index contributed by atoms with van der Waals surface area (Å²) in [4.78, 5) is 28.2. The number of amides is 2. The summed E-state index contributed by atoms with van der Waals surface area (Å²) in [6.45, 7) is 2.33. The largest absolute Gasteiger partial charge is 0.393 e. The van der Waals surface area contributed by atoms with Gasteiger partial charge in [0.05, 0.1) is 17.2 Å². The minimum atomic E-state index is -0.167. The first-order valence-electron chi connectivity index (χ1n) is 9.39. The third-order valence-corrected chi connectivity index (χ3v) is 5.46.